The lowest BCUT2D eigenvalue weighted by Gasteiger charge is -2.28. The molecule has 0 saturated heterocycles. The molecule has 0 fully saturated rings. The third kappa shape index (κ3) is 2.69. The van der Waals surface area contributed by atoms with Gasteiger partial charge in [-0.05, 0) is 39.7 Å². The predicted octanol–water partition coefficient (Wildman–Crippen LogP) is 2.49. The van der Waals surface area contributed by atoms with Gasteiger partial charge in [0.15, 0.2) is 0 Å². The lowest BCUT2D eigenvalue weighted by atomic mass is 10.1. The first kappa shape index (κ1) is 13.0. The van der Waals surface area contributed by atoms with Crippen LogP contribution in [0, 0.1) is 0 Å². The van der Waals surface area contributed by atoms with E-state index in [4.69, 9.17) is 9.72 Å². The molecule has 1 aromatic rings. The van der Waals surface area contributed by atoms with Crippen LogP contribution in [0.5, 0.6) is 0 Å². The minimum absolute atomic E-state index is 0.125. The molecule has 1 atom stereocenters. The maximum atomic E-state index is 5.61. The smallest absolute Gasteiger partial charge is 0.115 e. The SMILES string of the molecule is CCNC(C)(COCC)c1nc2c(s1)CCC2. The summed E-state index contributed by atoms with van der Waals surface area (Å²) < 4.78 is 5.61. The third-order valence-corrected chi connectivity index (χ3v) is 4.65. The maximum Gasteiger partial charge on any atom is 0.115 e. The molecule has 0 aliphatic heterocycles. The summed E-state index contributed by atoms with van der Waals surface area (Å²) in [7, 11) is 0. The molecule has 0 saturated carbocycles. The number of ether oxygens (including phenoxy) is 1. The van der Waals surface area contributed by atoms with Crippen molar-refractivity contribution in [1.82, 2.24) is 10.3 Å². The van der Waals surface area contributed by atoms with Gasteiger partial charge in [-0.2, -0.15) is 0 Å². The van der Waals surface area contributed by atoms with Gasteiger partial charge in [0, 0.05) is 11.5 Å². The average molecular weight is 254 g/mol. The first-order valence-corrected chi connectivity index (χ1v) is 7.33. The van der Waals surface area contributed by atoms with Crippen molar-refractivity contribution in [2.75, 3.05) is 19.8 Å². The van der Waals surface area contributed by atoms with Crippen LogP contribution in [0.15, 0.2) is 0 Å². The minimum atomic E-state index is -0.125. The molecule has 96 valence electrons. The summed E-state index contributed by atoms with van der Waals surface area (Å²) in [5.41, 5.74) is 1.20. The van der Waals surface area contributed by atoms with Gasteiger partial charge in [0.2, 0.25) is 0 Å². The zero-order chi connectivity index (χ0) is 12.3. The second-order valence-electron chi connectivity index (χ2n) is 4.74. The van der Waals surface area contributed by atoms with Crippen molar-refractivity contribution >= 4 is 11.3 Å². The Bertz CT molecular complexity index is 356. The monoisotopic (exact) mass is 254 g/mol. The molecule has 0 spiro atoms. The highest BCUT2D eigenvalue weighted by atomic mass is 32.1. The van der Waals surface area contributed by atoms with Crippen molar-refractivity contribution in [3.05, 3.63) is 15.6 Å². The number of nitrogens with one attached hydrogen (secondary N) is 1. The lowest BCUT2D eigenvalue weighted by Crippen LogP contribution is -2.43. The highest BCUT2D eigenvalue weighted by Crippen LogP contribution is 2.33. The number of aromatic nitrogens is 1. The van der Waals surface area contributed by atoms with E-state index in [1.165, 1.54) is 28.4 Å². The summed E-state index contributed by atoms with van der Waals surface area (Å²) in [6.07, 6.45) is 3.64. The molecule has 0 bridgehead atoms. The summed E-state index contributed by atoms with van der Waals surface area (Å²) >= 11 is 1.87. The lowest BCUT2D eigenvalue weighted by molar-refractivity contribution is 0.0839. The molecule has 17 heavy (non-hydrogen) atoms. The van der Waals surface area contributed by atoms with E-state index in [-0.39, 0.29) is 5.54 Å². The quantitative estimate of drug-likeness (QED) is 0.847. The van der Waals surface area contributed by atoms with Gasteiger partial charge in [-0.3, -0.25) is 0 Å². The molecule has 3 nitrogen and oxygen atoms in total. The number of thiazole rings is 1. The van der Waals surface area contributed by atoms with E-state index in [0.29, 0.717) is 6.61 Å². The van der Waals surface area contributed by atoms with Gasteiger partial charge in [-0.15, -0.1) is 11.3 Å². The fourth-order valence-corrected chi connectivity index (χ4v) is 3.57. The maximum absolute atomic E-state index is 5.61. The Morgan fingerprint density at radius 2 is 2.24 bits per heavy atom. The Morgan fingerprint density at radius 1 is 1.41 bits per heavy atom. The van der Waals surface area contributed by atoms with Crippen molar-refractivity contribution in [3.8, 4) is 0 Å². The number of nitrogens with zero attached hydrogens (tertiary/aromatic N) is 1. The van der Waals surface area contributed by atoms with E-state index >= 15 is 0 Å². The molecule has 2 rings (SSSR count). The average Bonchev–Trinajstić information content (AvgIpc) is 2.87. The van der Waals surface area contributed by atoms with Gasteiger partial charge in [-0.1, -0.05) is 6.92 Å². The Kier molecular flexibility index (Phi) is 4.17. The van der Waals surface area contributed by atoms with Crippen LogP contribution in [0.2, 0.25) is 0 Å². The Balaban J connectivity index is 2.18. The van der Waals surface area contributed by atoms with Crippen LogP contribution in [0.3, 0.4) is 0 Å². The first-order chi connectivity index (χ1) is 8.19. The molecular weight excluding hydrogens is 232 g/mol. The summed E-state index contributed by atoms with van der Waals surface area (Å²) in [5, 5.41) is 4.71. The number of aryl methyl sites for hydroxylation is 2. The van der Waals surface area contributed by atoms with E-state index in [0.717, 1.165) is 19.6 Å². The van der Waals surface area contributed by atoms with Crippen LogP contribution in [0.25, 0.3) is 0 Å². The summed E-state index contributed by atoms with van der Waals surface area (Å²) in [5.74, 6) is 0. The van der Waals surface area contributed by atoms with E-state index in [2.05, 4.69) is 19.2 Å². The zero-order valence-electron chi connectivity index (χ0n) is 11.0. The highest BCUT2D eigenvalue weighted by molar-refractivity contribution is 7.12. The molecule has 0 amide bonds. The summed E-state index contributed by atoms with van der Waals surface area (Å²) in [6.45, 7) is 8.75. The van der Waals surface area contributed by atoms with E-state index in [1.54, 1.807) is 0 Å². The second kappa shape index (κ2) is 5.46. The molecule has 0 aromatic carbocycles. The number of hydrogen-bond acceptors (Lipinski definition) is 4. The van der Waals surface area contributed by atoms with Crippen LogP contribution >= 0.6 is 11.3 Å². The molecule has 1 aromatic heterocycles. The van der Waals surface area contributed by atoms with Crippen molar-refractivity contribution in [2.24, 2.45) is 0 Å². The van der Waals surface area contributed by atoms with Gasteiger partial charge in [-0.25, -0.2) is 4.98 Å². The van der Waals surface area contributed by atoms with Crippen molar-refractivity contribution < 1.29 is 4.74 Å². The topological polar surface area (TPSA) is 34.1 Å². The summed E-state index contributed by atoms with van der Waals surface area (Å²) in [6, 6.07) is 0. The highest BCUT2D eigenvalue weighted by Gasteiger charge is 2.31. The fourth-order valence-electron chi connectivity index (χ4n) is 2.31. The predicted molar refractivity (Wildman–Crippen MR) is 71.7 cm³/mol. The van der Waals surface area contributed by atoms with E-state index in [9.17, 15) is 0 Å². The molecule has 1 N–H and O–H groups in total. The number of rotatable bonds is 6. The van der Waals surface area contributed by atoms with Gasteiger partial charge in [0.1, 0.15) is 5.01 Å². The van der Waals surface area contributed by atoms with E-state index < -0.39 is 0 Å². The molecule has 0 radical (unpaired) electrons. The fraction of sp³-hybridized carbons (Fsp3) is 0.769. The molecule has 1 aliphatic rings. The summed E-state index contributed by atoms with van der Waals surface area (Å²) in [4.78, 5) is 6.30. The van der Waals surface area contributed by atoms with Crippen LogP contribution < -0.4 is 5.32 Å². The van der Waals surface area contributed by atoms with Gasteiger partial charge in [0.05, 0.1) is 17.8 Å². The van der Waals surface area contributed by atoms with Crippen molar-refractivity contribution in [3.63, 3.8) is 0 Å². The second-order valence-corrected chi connectivity index (χ2v) is 5.83. The standard InChI is InChI=1S/C13H22N2OS/c1-4-14-13(3,9-16-5-2)12-15-10-7-6-8-11(10)17-12/h14H,4-9H2,1-3H3. The molecular formula is C13H22N2OS. The van der Waals surface area contributed by atoms with E-state index in [1.807, 2.05) is 18.3 Å². The van der Waals surface area contributed by atoms with Gasteiger partial charge >= 0.3 is 0 Å². The molecule has 1 aliphatic carbocycles. The molecule has 1 unspecified atom stereocenters. The van der Waals surface area contributed by atoms with Crippen LogP contribution in [0.1, 0.15) is 42.8 Å². The van der Waals surface area contributed by atoms with Crippen LogP contribution in [-0.2, 0) is 23.1 Å². The van der Waals surface area contributed by atoms with Crippen LogP contribution in [-0.4, -0.2) is 24.7 Å². The number of likely N-dealkylation sites (N-methyl/N-ethyl adjacent to an activating group) is 1. The number of fused-ring (bicyclic) bond motifs is 1. The van der Waals surface area contributed by atoms with Gasteiger partial charge in [0.25, 0.3) is 0 Å². The first-order valence-electron chi connectivity index (χ1n) is 6.51. The van der Waals surface area contributed by atoms with Crippen molar-refractivity contribution in [1.29, 1.82) is 0 Å². The molecule has 4 heteroatoms. The third-order valence-electron chi connectivity index (χ3n) is 3.23. The Hall–Kier alpha value is -0.450. The Labute approximate surface area is 108 Å². The zero-order valence-corrected chi connectivity index (χ0v) is 11.8. The van der Waals surface area contributed by atoms with Crippen molar-refractivity contribution in [2.45, 2.75) is 45.6 Å². The minimum Gasteiger partial charge on any atom is -0.379 e. The normalized spacial score (nSPS) is 18.1. The van der Waals surface area contributed by atoms with Crippen LogP contribution in [0.4, 0.5) is 0 Å². The van der Waals surface area contributed by atoms with Gasteiger partial charge < -0.3 is 10.1 Å². The Morgan fingerprint density at radius 3 is 2.88 bits per heavy atom. The molecule has 1 heterocycles. The largest absolute Gasteiger partial charge is 0.379 e. The number of hydrogen-bond donors (Lipinski definition) is 1.